The third kappa shape index (κ3) is 5.06. The fourth-order valence-electron chi connectivity index (χ4n) is 2.89. The molecular formula is C19H28N2O3. The lowest BCUT2D eigenvalue weighted by Gasteiger charge is -2.24. The van der Waals surface area contributed by atoms with Gasteiger partial charge in [0.05, 0.1) is 12.0 Å². The van der Waals surface area contributed by atoms with Gasteiger partial charge in [0.1, 0.15) is 0 Å². The van der Waals surface area contributed by atoms with Crippen LogP contribution in [0.15, 0.2) is 24.3 Å². The molecule has 0 aromatic heterocycles. The Morgan fingerprint density at radius 3 is 2.29 bits per heavy atom. The normalized spacial score (nSPS) is 16.7. The second-order valence-corrected chi connectivity index (χ2v) is 7.43. The van der Waals surface area contributed by atoms with Gasteiger partial charge in [0, 0.05) is 16.8 Å². The van der Waals surface area contributed by atoms with Gasteiger partial charge >= 0.3 is 0 Å². The molecule has 5 nitrogen and oxygen atoms in total. The van der Waals surface area contributed by atoms with Crippen molar-refractivity contribution in [2.24, 2.45) is 0 Å². The van der Waals surface area contributed by atoms with E-state index in [0.717, 1.165) is 19.3 Å². The Hall–Kier alpha value is -1.88. The fraction of sp³-hybridized carbons (Fsp3) is 0.579. The fourth-order valence-corrected chi connectivity index (χ4v) is 2.89. The van der Waals surface area contributed by atoms with Crippen LogP contribution in [0.25, 0.3) is 0 Å². The summed E-state index contributed by atoms with van der Waals surface area (Å²) in [6, 6.07) is 6.82. The van der Waals surface area contributed by atoms with Gasteiger partial charge in [-0.3, -0.25) is 9.59 Å². The van der Waals surface area contributed by atoms with Gasteiger partial charge in [-0.05, 0) is 57.4 Å². The second kappa shape index (κ2) is 7.34. The Morgan fingerprint density at radius 1 is 1.17 bits per heavy atom. The number of carbonyl (C=O) groups is 2. The molecule has 0 heterocycles. The summed E-state index contributed by atoms with van der Waals surface area (Å²) in [6.07, 6.45) is 4.29. The SMILES string of the molecule is CCC(C)(C)NC(=O)c1ccc(NC(=O)CC2(O)CCCC2)cc1. The van der Waals surface area contributed by atoms with Gasteiger partial charge in [-0.1, -0.05) is 19.8 Å². The molecule has 0 unspecified atom stereocenters. The third-order valence-electron chi connectivity index (χ3n) is 4.79. The summed E-state index contributed by atoms with van der Waals surface area (Å²) >= 11 is 0. The number of hydrogen-bond acceptors (Lipinski definition) is 3. The van der Waals surface area contributed by atoms with Crippen LogP contribution in [-0.2, 0) is 4.79 Å². The first-order chi connectivity index (χ1) is 11.2. The van der Waals surface area contributed by atoms with Gasteiger partial charge in [-0.15, -0.1) is 0 Å². The monoisotopic (exact) mass is 332 g/mol. The van der Waals surface area contributed by atoms with E-state index in [0.29, 0.717) is 24.1 Å². The van der Waals surface area contributed by atoms with Crippen molar-refractivity contribution in [3.63, 3.8) is 0 Å². The van der Waals surface area contributed by atoms with Crippen molar-refractivity contribution in [2.75, 3.05) is 5.32 Å². The van der Waals surface area contributed by atoms with Crippen LogP contribution in [0.5, 0.6) is 0 Å². The maximum atomic E-state index is 12.2. The Bertz CT molecular complexity index is 587. The molecule has 1 fully saturated rings. The van der Waals surface area contributed by atoms with Gasteiger partial charge in [-0.2, -0.15) is 0 Å². The topological polar surface area (TPSA) is 78.4 Å². The van der Waals surface area contributed by atoms with Crippen molar-refractivity contribution in [3.8, 4) is 0 Å². The lowest BCUT2D eigenvalue weighted by atomic mass is 9.97. The molecule has 1 aliphatic rings. The third-order valence-corrected chi connectivity index (χ3v) is 4.79. The standard InChI is InChI=1S/C19H28N2O3/c1-4-18(2,3)21-17(23)14-7-9-15(10-8-14)20-16(22)13-19(24)11-5-6-12-19/h7-10,24H,4-6,11-13H2,1-3H3,(H,20,22)(H,21,23). The van der Waals surface area contributed by atoms with Crippen LogP contribution in [0.4, 0.5) is 5.69 Å². The smallest absolute Gasteiger partial charge is 0.251 e. The number of benzene rings is 1. The molecule has 1 aliphatic carbocycles. The summed E-state index contributed by atoms with van der Waals surface area (Å²) in [5.41, 5.74) is 0.0907. The van der Waals surface area contributed by atoms with Crippen molar-refractivity contribution in [1.29, 1.82) is 0 Å². The predicted octanol–water partition coefficient (Wildman–Crippen LogP) is 3.24. The highest BCUT2D eigenvalue weighted by atomic mass is 16.3. The van der Waals surface area contributed by atoms with Crippen molar-refractivity contribution < 1.29 is 14.7 Å². The van der Waals surface area contributed by atoms with Crippen molar-refractivity contribution >= 4 is 17.5 Å². The van der Waals surface area contributed by atoms with Crippen molar-refractivity contribution in [1.82, 2.24) is 5.32 Å². The lowest BCUT2D eigenvalue weighted by molar-refractivity contribution is -0.120. The molecule has 1 aromatic carbocycles. The first-order valence-electron chi connectivity index (χ1n) is 8.68. The molecule has 1 aromatic rings. The molecule has 0 atom stereocenters. The lowest BCUT2D eigenvalue weighted by Crippen LogP contribution is -2.42. The van der Waals surface area contributed by atoms with Crippen LogP contribution in [-0.4, -0.2) is 28.1 Å². The van der Waals surface area contributed by atoms with Gasteiger partial charge in [-0.25, -0.2) is 0 Å². The van der Waals surface area contributed by atoms with E-state index >= 15 is 0 Å². The Morgan fingerprint density at radius 2 is 1.75 bits per heavy atom. The van der Waals surface area contributed by atoms with Gasteiger partial charge in [0.2, 0.25) is 5.91 Å². The van der Waals surface area contributed by atoms with Crippen LogP contribution >= 0.6 is 0 Å². The van der Waals surface area contributed by atoms with Crippen LogP contribution in [0.2, 0.25) is 0 Å². The molecule has 0 spiro atoms. The average molecular weight is 332 g/mol. The zero-order chi connectivity index (χ0) is 17.8. The highest BCUT2D eigenvalue weighted by Gasteiger charge is 2.33. The molecule has 1 saturated carbocycles. The molecule has 0 bridgehead atoms. The van der Waals surface area contributed by atoms with Crippen LogP contribution in [0, 0.1) is 0 Å². The Kier molecular flexibility index (Phi) is 5.65. The Balaban J connectivity index is 1.92. The Labute approximate surface area is 143 Å². The molecule has 24 heavy (non-hydrogen) atoms. The molecule has 0 saturated heterocycles. The summed E-state index contributed by atoms with van der Waals surface area (Å²) < 4.78 is 0. The second-order valence-electron chi connectivity index (χ2n) is 7.43. The number of carbonyl (C=O) groups excluding carboxylic acids is 2. The van der Waals surface area contributed by atoms with Gasteiger partial charge in [0.15, 0.2) is 0 Å². The number of aliphatic hydroxyl groups is 1. The largest absolute Gasteiger partial charge is 0.389 e. The summed E-state index contributed by atoms with van der Waals surface area (Å²) in [7, 11) is 0. The van der Waals surface area contributed by atoms with Crippen molar-refractivity contribution in [2.45, 2.75) is 70.4 Å². The minimum atomic E-state index is -0.852. The summed E-state index contributed by atoms with van der Waals surface area (Å²) in [5, 5.41) is 16.0. The molecule has 5 heteroatoms. The maximum absolute atomic E-state index is 12.2. The van der Waals surface area contributed by atoms with E-state index in [4.69, 9.17) is 0 Å². The number of anilines is 1. The number of nitrogens with one attached hydrogen (secondary N) is 2. The summed E-state index contributed by atoms with van der Waals surface area (Å²) in [5.74, 6) is -0.316. The highest BCUT2D eigenvalue weighted by Crippen LogP contribution is 2.32. The molecule has 3 N–H and O–H groups in total. The minimum Gasteiger partial charge on any atom is -0.389 e. The van der Waals surface area contributed by atoms with E-state index in [1.54, 1.807) is 24.3 Å². The van der Waals surface area contributed by atoms with E-state index in [2.05, 4.69) is 10.6 Å². The van der Waals surface area contributed by atoms with Gasteiger partial charge in [0.25, 0.3) is 5.91 Å². The first kappa shape index (κ1) is 18.5. The molecule has 0 aliphatic heterocycles. The zero-order valence-corrected chi connectivity index (χ0v) is 14.8. The van der Waals surface area contributed by atoms with Gasteiger partial charge < -0.3 is 15.7 Å². The summed E-state index contributed by atoms with van der Waals surface area (Å²) in [6.45, 7) is 5.98. The van der Waals surface area contributed by atoms with E-state index < -0.39 is 5.60 Å². The molecule has 2 rings (SSSR count). The minimum absolute atomic E-state index is 0.125. The van der Waals surface area contributed by atoms with Crippen LogP contribution in [0.1, 0.15) is 69.7 Å². The molecule has 0 radical (unpaired) electrons. The average Bonchev–Trinajstić information content (AvgIpc) is 2.93. The number of rotatable bonds is 6. The van der Waals surface area contributed by atoms with Crippen LogP contribution < -0.4 is 10.6 Å². The number of amides is 2. The maximum Gasteiger partial charge on any atom is 0.251 e. The van der Waals surface area contributed by atoms with Crippen LogP contribution in [0.3, 0.4) is 0 Å². The van der Waals surface area contributed by atoms with E-state index in [1.807, 2.05) is 20.8 Å². The zero-order valence-electron chi connectivity index (χ0n) is 14.8. The molecule has 132 valence electrons. The van der Waals surface area contributed by atoms with E-state index in [-0.39, 0.29) is 23.8 Å². The molecule has 2 amide bonds. The highest BCUT2D eigenvalue weighted by molar-refractivity contribution is 5.96. The predicted molar refractivity (Wildman–Crippen MR) is 94.9 cm³/mol. The quantitative estimate of drug-likeness (QED) is 0.748. The number of hydrogen-bond donors (Lipinski definition) is 3. The first-order valence-corrected chi connectivity index (χ1v) is 8.68. The summed E-state index contributed by atoms with van der Waals surface area (Å²) in [4.78, 5) is 24.3. The van der Waals surface area contributed by atoms with Crippen molar-refractivity contribution in [3.05, 3.63) is 29.8 Å². The molecular weight excluding hydrogens is 304 g/mol. The van der Waals surface area contributed by atoms with E-state index in [9.17, 15) is 14.7 Å². The van der Waals surface area contributed by atoms with E-state index in [1.165, 1.54) is 0 Å².